The highest BCUT2D eigenvalue weighted by Crippen LogP contribution is 2.32. The van der Waals surface area contributed by atoms with Crippen LogP contribution in [-0.4, -0.2) is 37.5 Å². The summed E-state index contributed by atoms with van der Waals surface area (Å²) in [6.07, 6.45) is 2.02. The van der Waals surface area contributed by atoms with Crippen molar-refractivity contribution < 1.29 is 4.79 Å². The van der Waals surface area contributed by atoms with E-state index in [-0.39, 0.29) is 11.9 Å². The molecule has 1 unspecified atom stereocenters. The van der Waals surface area contributed by atoms with Gasteiger partial charge in [0.15, 0.2) is 9.50 Å². The van der Waals surface area contributed by atoms with Crippen molar-refractivity contribution in [3.63, 3.8) is 0 Å². The van der Waals surface area contributed by atoms with E-state index in [4.69, 9.17) is 4.98 Å². The van der Waals surface area contributed by atoms with Crippen molar-refractivity contribution in [2.75, 3.05) is 5.75 Å². The van der Waals surface area contributed by atoms with Gasteiger partial charge >= 0.3 is 0 Å². The summed E-state index contributed by atoms with van der Waals surface area (Å²) in [4.78, 5) is 17.1. The van der Waals surface area contributed by atoms with Crippen molar-refractivity contribution in [1.29, 1.82) is 0 Å². The van der Waals surface area contributed by atoms with Crippen LogP contribution in [0.5, 0.6) is 0 Å². The number of rotatable bonds is 10. The average Bonchev–Trinajstić information content (AvgIpc) is 3.40. The van der Waals surface area contributed by atoms with Crippen LogP contribution in [0, 0.1) is 0 Å². The number of nitrogens with one attached hydrogen (secondary N) is 1. The molecule has 1 atom stereocenters. The van der Waals surface area contributed by atoms with Crippen LogP contribution in [0.15, 0.2) is 64.1 Å². The lowest BCUT2D eigenvalue weighted by Crippen LogP contribution is -2.33. The van der Waals surface area contributed by atoms with Gasteiger partial charge in [-0.25, -0.2) is 4.98 Å². The van der Waals surface area contributed by atoms with Gasteiger partial charge in [-0.05, 0) is 37.6 Å². The summed E-state index contributed by atoms with van der Waals surface area (Å²) in [7, 11) is 0. The van der Waals surface area contributed by atoms with Crippen LogP contribution in [-0.2, 0) is 10.5 Å². The van der Waals surface area contributed by atoms with E-state index in [2.05, 4.69) is 28.5 Å². The molecular weight excluding hydrogens is 458 g/mol. The van der Waals surface area contributed by atoms with Gasteiger partial charge in [0.2, 0.25) is 5.91 Å². The number of amides is 1. The van der Waals surface area contributed by atoms with Gasteiger partial charge in [-0.2, -0.15) is 0 Å². The Labute approximate surface area is 200 Å². The number of aromatic nitrogens is 4. The largest absolute Gasteiger partial charge is 0.353 e. The highest BCUT2D eigenvalue weighted by atomic mass is 32.2. The summed E-state index contributed by atoms with van der Waals surface area (Å²) in [6.45, 7) is 4.16. The molecule has 0 saturated carbocycles. The first-order valence-electron chi connectivity index (χ1n) is 10.5. The van der Waals surface area contributed by atoms with Gasteiger partial charge in [0.25, 0.3) is 0 Å². The molecule has 2 heterocycles. The molecule has 0 saturated heterocycles. The third-order valence-corrected chi connectivity index (χ3v) is 7.88. The minimum absolute atomic E-state index is 0.0176. The van der Waals surface area contributed by atoms with E-state index in [0.29, 0.717) is 11.5 Å². The van der Waals surface area contributed by atoms with Crippen molar-refractivity contribution in [2.24, 2.45) is 0 Å². The molecule has 9 heteroatoms. The normalized spacial score (nSPS) is 12.2. The van der Waals surface area contributed by atoms with Crippen molar-refractivity contribution in [2.45, 2.75) is 48.0 Å². The minimum atomic E-state index is 0.0176. The predicted molar refractivity (Wildman–Crippen MR) is 134 cm³/mol. The van der Waals surface area contributed by atoms with Crippen LogP contribution in [0.2, 0.25) is 0 Å². The second-order valence-electron chi connectivity index (χ2n) is 7.35. The Morgan fingerprint density at radius 1 is 1.09 bits per heavy atom. The Kier molecular flexibility index (Phi) is 7.83. The standard InChI is InChI=1S/C23H25N5OS3/c1-3-9-16(2)24-21(29)15-30-22-27-26-20(28(22)17-10-5-4-6-11-17)14-31-23-25-18-12-7-8-13-19(18)32-23/h4-8,10-13,16H,3,9,14-15H2,1-2H3,(H,24,29). The lowest BCUT2D eigenvalue weighted by molar-refractivity contribution is -0.119. The molecule has 2 aromatic heterocycles. The molecular formula is C23H25N5OS3. The topological polar surface area (TPSA) is 72.7 Å². The number of carbonyl (C=O) groups is 1. The molecule has 0 radical (unpaired) electrons. The molecule has 2 aromatic carbocycles. The first-order valence-corrected chi connectivity index (χ1v) is 13.3. The van der Waals surface area contributed by atoms with Crippen LogP contribution < -0.4 is 5.32 Å². The third kappa shape index (κ3) is 5.70. The fraction of sp³-hybridized carbons (Fsp3) is 0.304. The van der Waals surface area contributed by atoms with Crippen LogP contribution in [0.1, 0.15) is 32.5 Å². The van der Waals surface area contributed by atoms with E-state index < -0.39 is 0 Å². The second-order valence-corrected chi connectivity index (χ2v) is 10.5. The van der Waals surface area contributed by atoms with E-state index in [1.54, 1.807) is 23.1 Å². The molecule has 0 spiro atoms. The number of carbonyl (C=O) groups excluding carboxylic acids is 1. The molecule has 6 nitrogen and oxygen atoms in total. The number of fused-ring (bicyclic) bond motifs is 1. The molecule has 1 N–H and O–H groups in total. The Morgan fingerprint density at radius 2 is 1.88 bits per heavy atom. The van der Waals surface area contributed by atoms with E-state index in [1.807, 2.05) is 60.0 Å². The molecule has 32 heavy (non-hydrogen) atoms. The summed E-state index contributed by atoms with van der Waals surface area (Å²) in [5.74, 6) is 1.80. The summed E-state index contributed by atoms with van der Waals surface area (Å²) in [6, 6.07) is 18.4. The van der Waals surface area contributed by atoms with Crippen molar-refractivity contribution in [1.82, 2.24) is 25.1 Å². The fourth-order valence-corrected chi connectivity index (χ4v) is 6.08. The third-order valence-electron chi connectivity index (χ3n) is 4.78. The fourth-order valence-electron chi connectivity index (χ4n) is 3.31. The molecule has 1 amide bonds. The highest BCUT2D eigenvalue weighted by molar-refractivity contribution is 8.00. The molecule has 166 valence electrons. The molecule has 4 rings (SSSR count). The monoisotopic (exact) mass is 483 g/mol. The van der Waals surface area contributed by atoms with Crippen molar-refractivity contribution in [3.8, 4) is 5.69 Å². The SMILES string of the molecule is CCCC(C)NC(=O)CSc1nnc(CSc2nc3ccccc3s2)n1-c1ccccc1. The molecule has 0 aliphatic carbocycles. The second kappa shape index (κ2) is 11.0. The van der Waals surface area contributed by atoms with Gasteiger partial charge in [0.05, 0.1) is 21.7 Å². The maximum atomic E-state index is 12.4. The van der Waals surface area contributed by atoms with E-state index in [1.165, 1.54) is 16.5 Å². The van der Waals surface area contributed by atoms with Gasteiger partial charge < -0.3 is 5.32 Å². The maximum Gasteiger partial charge on any atom is 0.230 e. The lowest BCUT2D eigenvalue weighted by atomic mass is 10.2. The predicted octanol–water partition coefficient (Wildman–Crippen LogP) is 5.57. The molecule has 0 aliphatic heterocycles. The number of hydrogen-bond donors (Lipinski definition) is 1. The zero-order valence-electron chi connectivity index (χ0n) is 18.0. The molecule has 0 bridgehead atoms. The Bertz CT molecular complexity index is 1140. The van der Waals surface area contributed by atoms with Gasteiger partial charge in [-0.1, -0.05) is 67.2 Å². The lowest BCUT2D eigenvalue weighted by Gasteiger charge is -2.13. The van der Waals surface area contributed by atoms with Crippen LogP contribution in [0.3, 0.4) is 0 Å². The van der Waals surface area contributed by atoms with Crippen LogP contribution >= 0.6 is 34.9 Å². The first-order chi connectivity index (χ1) is 15.6. The van der Waals surface area contributed by atoms with Crippen LogP contribution in [0.25, 0.3) is 15.9 Å². The summed E-state index contributed by atoms with van der Waals surface area (Å²) < 4.78 is 4.22. The quantitative estimate of drug-likeness (QED) is 0.298. The van der Waals surface area contributed by atoms with Crippen molar-refractivity contribution >= 4 is 51.0 Å². The Hall–Kier alpha value is -2.36. The van der Waals surface area contributed by atoms with E-state index >= 15 is 0 Å². The number of benzene rings is 2. The molecule has 4 aromatic rings. The number of para-hydroxylation sites is 2. The highest BCUT2D eigenvalue weighted by Gasteiger charge is 2.17. The summed E-state index contributed by atoms with van der Waals surface area (Å²) in [5.41, 5.74) is 2.00. The Morgan fingerprint density at radius 3 is 2.66 bits per heavy atom. The number of hydrogen-bond acceptors (Lipinski definition) is 7. The number of nitrogens with zero attached hydrogens (tertiary/aromatic N) is 4. The zero-order valence-corrected chi connectivity index (χ0v) is 20.5. The number of thioether (sulfide) groups is 2. The van der Waals surface area contributed by atoms with E-state index in [0.717, 1.165) is 39.4 Å². The minimum Gasteiger partial charge on any atom is -0.353 e. The van der Waals surface area contributed by atoms with Gasteiger partial charge in [0, 0.05) is 11.7 Å². The summed E-state index contributed by atoms with van der Waals surface area (Å²) >= 11 is 4.75. The first kappa shape index (κ1) is 22.8. The number of thiazole rings is 1. The smallest absolute Gasteiger partial charge is 0.230 e. The van der Waals surface area contributed by atoms with E-state index in [9.17, 15) is 4.79 Å². The average molecular weight is 484 g/mol. The molecule has 0 fully saturated rings. The van der Waals surface area contributed by atoms with Gasteiger partial charge in [-0.3, -0.25) is 9.36 Å². The van der Waals surface area contributed by atoms with Crippen molar-refractivity contribution in [3.05, 3.63) is 60.4 Å². The maximum absolute atomic E-state index is 12.4. The van der Waals surface area contributed by atoms with Gasteiger partial charge in [-0.15, -0.1) is 21.5 Å². The van der Waals surface area contributed by atoms with Crippen LogP contribution in [0.4, 0.5) is 0 Å². The Balaban J connectivity index is 1.49. The zero-order chi connectivity index (χ0) is 22.3. The van der Waals surface area contributed by atoms with Gasteiger partial charge in [0.1, 0.15) is 5.82 Å². The molecule has 0 aliphatic rings. The summed E-state index contributed by atoms with van der Waals surface area (Å²) in [5, 5.41) is 12.6.